The maximum Gasteiger partial charge on any atom is 0.267 e. The van der Waals surface area contributed by atoms with E-state index in [9.17, 15) is 20.1 Å². The van der Waals surface area contributed by atoms with Gasteiger partial charge in [0, 0.05) is 0 Å². The van der Waals surface area contributed by atoms with Gasteiger partial charge in [0.1, 0.15) is 12.3 Å². The lowest BCUT2D eigenvalue weighted by Gasteiger charge is -2.34. The average molecular weight is 247 g/mol. The second-order valence-electron chi connectivity index (χ2n) is 3.76. The van der Waals surface area contributed by atoms with E-state index in [2.05, 4.69) is 10.4 Å². The minimum atomic E-state index is -1.47. The van der Waals surface area contributed by atoms with E-state index in [0.29, 0.717) is 0 Å². The Morgan fingerprint density at radius 1 is 1.47 bits per heavy atom. The van der Waals surface area contributed by atoms with Crippen LogP contribution < -0.4 is 5.32 Å². The molecule has 2 rings (SSSR count). The van der Waals surface area contributed by atoms with Crippen LogP contribution in [0.15, 0.2) is 5.10 Å². The molecule has 1 saturated heterocycles. The number of aliphatic hydroxyl groups excluding tert-OH is 4. The smallest absolute Gasteiger partial charge is 0.267 e. The van der Waals surface area contributed by atoms with Gasteiger partial charge in [0.15, 0.2) is 12.5 Å². The van der Waals surface area contributed by atoms with Crippen LogP contribution in [0.2, 0.25) is 0 Å². The summed E-state index contributed by atoms with van der Waals surface area (Å²) < 4.78 is 4.97. The Hall–Kier alpha value is -1.26. The van der Waals surface area contributed by atoms with Crippen molar-refractivity contribution < 1.29 is 30.0 Å². The second-order valence-corrected chi connectivity index (χ2v) is 3.76. The summed E-state index contributed by atoms with van der Waals surface area (Å²) in [5, 5.41) is 44.2. The van der Waals surface area contributed by atoms with Gasteiger partial charge in [-0.05, 0) is 0 Å². The van der Waals surface area contributed by atoms with Crippen molar-refractivity contribution in [2.75, 3.05) is 6.61 Å². The Morgan fingerprint density at radius 3 is 2.76 bits per heavy atom. The highest BCUT2D eigenvalue weighted by Crippen LogP contribution is 2.29. The number of carbonyl (C=O) groups excluding carboxylic acids is 1. The van der Waals surface area contributed by atoms with Gasteiger partial charge >= 0.3 is 0 Å². The lowest BCUT2D eigenvalue weighted by Crippen LogP contribution is -2.55. The van der Waals surface area contributed by atoms with Gasteiger partial charge in [-0.3, -0.25) is 4.79 Å². The minimum Gasteiger partial charge on any atom is -0.396 e. The molecule has 2 aliphatic heterocycles. The molecule has 5 atom stereocenters. The van der Waals surface area contributed by atoms with E-state index in [4.69, 9.17) is 9.84 Å². The second kappa shape index (κ2) is 4.55. The molecule has 9 nitrogen and oxygen atoms in total. The first-order chi connectivity index (χ1) is 8.04. The number of hydrogen-bond donors (Lipinski definition) is 5. The summed E-state index contributed by atoms with van der Waals surface area (Å²) in [6.45, 7) is -0.463. The van der Waals surface area contributed by atoms with Gasteiger partial charge in [0.05, 0.1) is 12.5 Å². The molecule has 17 heavy (non-hydrogen) atoms. The number of hydrogen-bond acceptors (Lipinski definition) is 8. The fourth-order valence-electron chi connectivity index (χ4n) is 1.78. The van der Waals surface area contributed by atoms with Gasteiger partial charge in [-0.1, -0.05) is 0 Å². The van der Waals surface area contributed by atoms with Crippen LogP contribution in [0.25, 0.3) is 0 Å². The molecule has 2 heterocycles. The molecule has 0 spiro atoms. The van der Waals surface area contributed by atoms with Crippen molar-refractivity contribution in [2.45, 2.75) is 25.0 Å². The Kier molecular flexibility index (Phi) is 3.26. The van der Waals surface area contributed by atoms with E-state index in [1.807, 2.05) is 0 Å². The fraction of sp³-hybridized carbons (Fsp3) is 0.750. The Labute approximate surface area is 95.9 Å². The standard InChI is InChI=1S/C8H13N3O6/c12-2-3-5(14)7(15)17-6(3)11-8(16)10-4(13)1-9-11/h1,3,5-8,12,14-16H,2H2,(H,10,13)/t3-,5+,6+,7-,8-/m1/s1. The first-order valence-corrected chi connectivity index (χ1v) is 4.98. The van der Waals surface area contributed by atoms with E-state index in [1.165, 1.54) is 0 Å². The topological polar surface area (TPSA) is 135 Å². The van der Waals surface area contributed by atoms with E-state index in [-0.39, 0.29) is 0 Å². The quantitative estimate of drug-likeness (QED) is 0.339. The Bertz CT molecular complexity index is 337. The SMILES string of the molecule is O=C1C=NN([C@H]2O[C@@H](O)[C@@H](O)[C@H]2CO)[C@H](O)N1. The van der Waals surface area contributed by atoms with Crippen LogP contribution in [0.5, 0.6) is 0 Å². The highest BCUT2D eigenvalue weighted by atomic mass is 16.6. The zero-order valence-electron chi connectivity index (χ0n) is 8.67. The summed E-state index contributed by atoms with van der Waals surface area (Å²) in [6.07, 6.45) is -4.31. The Morgan fingerprint density at radius 2 is 2.18 bits per heavy atom. The number of ether oxygens (including phenoxy) is 1. The average Bonchev–Trinajstić information content (AvgIpc) is 2.55. The number of hydrazone groups is 1. The number of aliphatic hydroxyl groups is 4. The molecule has 1 fully saturated rings. The molecule has 0 bridgehead atoms. The Balaban J connectivity index is 2.16. The molecule has 1 amide bonds. The van der Waals surface area contributed by atoms with Crippen LogP contribution in [0.1, 0.15) is 0 Å². The van der Waals surface area contributed by atoms with Gasteiger partial charge in [0.25, 0.3) is 5.91 Å². The molecule has 0 aromatic heterocycles. The largest absolute Gasteiger partial charge is 0.396 e. The summed E-state index contributed by atoms with van der Waals surface area (Å²) >= 11 is 0. The molecule has 5 N–H and O–H groups in total. The third kappa shape index (κ3) is 2.10. The predicted octanol–water partition coefficient (Wildman–Crippen LogP) is -3.68. The lowest BCUT2D eigenvalue weighted by atomic mass is 10.0. The van der Waals surface area contributed by atoms with Crippen LogP contribution in [-0.2, 0) is 9.53 Å². The van der Waals surface area contributed by atoms with Crippen LogP contribution in [0.3, 0.4) is 0 Å². The van der Waals surface area contributed by atoms with Crippen molar-refractivity contribution in [3.05, 3.63) is 0 Å². The number of rotatable bonds is 2. The molecule has 0 aliphatic carbocycles. The monoisotopic (exact) mass is 247 g/mol. The third-order valence-corrected chi connectivity index (χ3v) is 2.68. The summed E-state index contributed by atoms with van der Waals surface area (Å²) in [5.41, 5.74) is 0. The van der Waals surface area contributed by atoms with Crippen molar-refractivity contribution in [3.63, 3.8) is 0 Å². The molecule has 0 saturated carbocycles. The minimum absolute atomic E-state index is 0.463. The zero-order chi connectivity index (χ0) is 12.6. The van der Waals surface area contributed by atoms with Crippen molar-refractivity contribution in [1.29, 1.82) is 0 Å². The molecule has 0 radical (unpaired) electrons. The van der Waals surface area contributed by atoms with Crippen molar-refractivity contribution in [1.82, 2.24) is 10.3 Å². The maximum atomic E-state index is 10.9. The molecule has 0 aromatic rings. The fourth-order valence-corrected chi connectivity index (χ4v) is 1.78. The highest BCUT2D eigenvalue weighted by molar-refractivity contribution is 6.26. The number of amides is 1. The van der Waals surface area contributed by atoms with Gasteiger partial charge < -0.3 is 30.5 Å². The first kappa shape index (κ1) is 12.2. The van der Waals surface area contributed by atoms with Crippen molar-refractivity contribution >= 4 is 12.1 Å². The van der Waals surface area contributed by atoms with Crippen LogP contribution in [-0.4, -0.2) is 69.1 Å². The summed E-state index contributed by atoms with van der Waals surface area (Å²) in [6, 6.07) is 0. The maximum absolute atomic E-state index is 10.9. The summed E-state index contributed by atoms with van der Waals surface area (Å²) in [7, 11) is 0. The van der Waals surface area contributed by atoms with Gasteiger partial charge in [-0.25, -0.2) is 5.01 Å². The summed E-state index contributed by atoms with van der Waals surface area (Å²) in [4.78, 5) is 10.9. The molecular weight excluding hydrogens is 234 g/mol. The van der Waals surface area contributed by atoms with Crippen molar-refractivity contribution in [3.8, 4) is 0 Å². The van der Waals surface area contributed by atoms with E-state index < -0.39 is 43.4 Å². The molecular formula is C8H13N3O6. The van der Waals surface area contributed by atoms with Gasteiger partial charge in [-0.15, -0.1) is 0 Å². The van der Waals surface area contributed by atoms with Gasteiger partial charge in [0.2, 0.25) is 6.35 Å². The molecule has 9 heteroatoms. The first-order valence-electron chi connectivity index (χ1n) is 4.98. The molecule has 2 aliphatic rings. The normalized spacial score (nSPS) is 41.8. The molecule has 0 aromatic carbocycles. The van der Waals surface area contributed by atoms with Crippen LogP contribution in [0.4, 0.5) is 0 Å². The number of nitrogens with zero attached hydrogens (tertiary/aromatic N) is 2. The zero-order valence-corrected chi connectivity index (χ0v) is 8.67. The van der Waals surface area contributed by atoms with E-state index in [1.54, 1.807) is 0 Å². The molecule has 96 valence electrons. The predicted molar refractivity (Wildman–Crippen MR) is 51.9 cm³/mol. The van der Waals surface area contributed by atoms with Crippen molar-refractivity contribution in [2.24, 2.45) is 11.0 Å². The number of nitrogens with one attached hydrogen (secondary N) is 1. The van der Waals surface area contributed by atoms with E-state index in [0.717, 1.165) is 11.2 Å². The van der Waals surface area contributed by atoms with Crippen LogP contribution in [0, 0.1) is 5.92 Å². The van der Waals surface area contributed by atoms with Gasteiger partial charge in [-0.2, -0.15) is 5.10 Å². The van der Waals surface area contributed by atoms with E-state index >= 15 is 0 Å². The third-order valence-electron chi connectivity index (χ3n) is 2.68. The summed E-state index contributed by atoms with van der Waals surface area (Å²) in [5.74, 6) is -1.42. The highest BCUT2D eigenvalue weighted by Gasteiger charge is 2.47. The lowest BCUT2D eigenvalue weighted by molar-refractivity contribution is -0.193. The molecule has 0 unspecified atom stereocenters. The van der Waals surface area contributed by atoms with Crippen LogP contribution >= 0.6 is 0 Å². The number of carbonyl (C=O) groups is 1.